The molecule has 0 aliphatic carbocycles. The van der Waals surface area contributed by atoms with Gasteiger partial charge in [-0.05, 0) is 49.8 Å². The van der Waals surface area contributed by atoms with E-state index in [9.17, 15) is 4.79 Å². The number of nitrogens with zero attached hydrogens (tertiary/aromatic N) is 1. The molecular formula is C17H26N2O2S. The van der Waals surface area contributed by atoms with Gasteiger partial charge in [-0.3, -0.25) is 0 Å². The number of rotatable bonds is 6. The smallest absolute Gasteiger partial charge is 0.321 e. The minimum Gasteiger partial charge on any atom is -0.491 e. The molecular weight excluding hydrogens is 296 g/mol. The standard InChI is InChI=1S/C17H26N2O2S/c1-4-13(2)21-16-7-5-6-15(10-16)18-17(20)19-9-8-14(11-19)12-22-3/h5-7,10,13-14H,4,8-9,11-12H2,1-3H3,(H,18,20)/t13-,14-/m1/s1. The molecule has 0 spiro atoms. The Hall–Kier alpha value is -1.36. The lowest BCUT2D eigenvalue weighted by Gasteiger charge is -2.18. The van der Waals surface area contributed by atoms with Crippen LogP contribution in [0.1, 0.15) is 26.7 Å². The number of hydrogen-bond donors (Lipinski definition) is 1. The van der Waals surface area contributed by atoms with E-state index in [0.717, 1.165) is 43.1 Å². The van der Waals surface area contributed by atoms with Crippen LogP contribution in [0.15, 0.2) is 24.3 Å². The molecule has 2 rings (SSSR count). The van der Waals surface area contributed by atoms with E-state index >= 15 is 0 Å². The molecule has 22 heavy (non-hydrogen) atoms. The minimum absolute atomic E-state index is 0.00991. The minimum atomic E-state index is -0.00991. The Bertz CT molecular complexity index is 495. The summed E-state index contributed by atoms with van der Waals surface area (Å²) in [5, 5.41) is 2.98. The van der Waals surface area contributed by atoms with Crippen molar-refractivity contribution in [1.82, 2.24) is 4.90 Å². The van der Waals surface area contributed by atoms with Crippen LogP contribution in [-0.4, -0.2) is 42.1 Å². The average molecular weight is 322 g/mol. The third kappa shape index (κ3) is 4.83. The number of nitrogens with one attached hydrogen (secondary N) is 1. The summed E-state index contributed by atoms with van der Waals surface area (Å²) in [5.74, 6) is 2.55. The first-order chi connectivity index (χ1) is 10.6. The molecule has 4 nitrogen and oxygen atoms in total. The average Bonchev–Trinajstić information content (AvgIpc) is 2.96. The molecule has 1 fully saturated rings. The van der Waals surface area contributed by atoms with Crippen molar-refractivity contribution in [2.45, 2.75) is 32.8 Å². The largest absolute Gasteiger partial charge is 0.491 e. The predicted molar refractivity (Wildman–Crippen MR) is 93.9 cm³/mol. The quantitative estimate of drug-likeness (QED) is 0.858. The fourth-order valence-electron chi connectivity index (χ4n) is 2.55. The SMILES string of the molecule is CC[C@@H](C)Oc1cccc(NC(=O)N2CC[C@@H](CSC)C2)c1. The summed E-state index contributed by atoms with van der Waals surface area (Å²) >= 11 is 1.85. The predicted octanol–water partition coefficient (Wildman–Crippen LogP) is 4.08. The number of amides is 2. The second-order valence-corrected chi connectivity index (χ2v) is 6.76. The summed E-state index contributed by atoms with van der Waals surface area (Å²) in [6.07, 6.45) is 4.36. The van der Waals surface area contributed by atoms with Gasteiger partial charge < -0.3 is 15.0 Å². The van der Waals surface area contributed by atoms with E-state index in [1.807, 2.05) is 47.9 Å². The first-order valence-electron chi connectivity index (χ1n) is 7.94. The van der Waals surface area contributed by atoms with Gasteiger partial charge in [0.2, 0.25) is 0 Å². The maximum atomic E-state index is 12.3. The third-order valence-corrected chi connectivity index (χ3v) is 4.78. The zero-order valence-electron chi connectivity index (χ0n) is 13.7. The molecule has 0 bridgehead atoms. The van der Waals surface area contributed by atoms with E-state index in [0.29, 0.717) is 5.92 Å². The summed E-state index contributed by atoms with van der Waals surface area (Å²) in [6, 6.07) is 7.61. The zero-order chi connectivity index (χ0) is 15.9. The summed E-state index contributed by atoms with van der Waals surface area (Å²) in [6.45, 7) is 5.84. The van der Waals surface area contributed by atoms with Gasteiger partial charge in [-0.1, -0.05) is 13.0 Å². The molecule has 1 heterocycles. The van der Waals surface area contributed by atoms with Crippen LogP contribution in [0.4, 0.5) is 10.5 Å². The summed E-state index contributed by atoms with van der Waals surface area (Å²) < 4.78 is 5.79. The molecule has 1 aromatic rings. The van der Waals surface area contributed by atoms with Crippen LogP contribution in [0.25, 0.3) is 0 Å². The number of thioether (sulfide) groups is 1. The highest BCUT2D eigenvalue weighted by molar-refractivity contribution is 7.98. The number of urea groups is 1. The maximum Gasteiger partial charge on any atom is 0.321 e. The molecule has 0 radical (unpaired) electrons. The third-order valence-electron chi connectivity index (χ3n) is 3.97. The number of anilines is 1. The molecule has 1 aliphatic heterocycles. The van der Waals surface area contributed by atoms with Crippen molar-refractivity contribution in [3.05, 3.63) is 24.3 Å². The Morgan fingerprint density at radius 3 is 3.09 bits per heavy atom. The lowest BCUT2D eigenvalue weighted by atomic mass is 10.2. The lowest BCUT2D eigenvalue weighted by Crippen LogP contribution is -2.33. The fraction of sp³-hybridized carbons (Fsp3) is 0.588. The Labute approximate surface area is 137 Å². The van der Waals surface area contributed by atoms with Crippen molar-refractivity contribution >= 4 is 23.5 Å². The van der Waals surface area contributed by atoms with Crippen LogP contribution in [0, 0.1) is 5.92 Å². The second kappa shape index (κ2) is 8.32. The Balaban J connectivity index is 1.90. The highest BCUT2D eigenvalue weighted by Gasteiger charge is 2.25. The summed E-state index contributed by atoms with van der Waals surface area (Å²) in [7, 11) is 0. The molecule has 1 aromatic carbocycles. The number of likely N-dealkylation sites (tertiary alicyclic amines) is 1. The molecule has 0 saturated carbocycles. The van der Waals surface area contributed by atoms with Crippen LogP contribution in [0.3, 0.4) is 0 Å². The highest BCUT2D eigenvalue weighted by Crippen LogP contribution is 2.22. The lowest BCUT2D eigenvalue weighted by molar-refractivity contribution is 0.217. The van der Waals surface area contributed by atoms with Gasteiger partial charge in [-0.2, -0.15) is 11.8 Å². The van der Waals surface area contributed by atoms with E-state index in [1.54, 1.807) is 0 Å². The molecule has 5 heteroatoms. The van der Waals surface area contributed by atoms with E-state index in [4.69, 9.17) is 4.74 Å². The van der Waals surface area contributed by atoms with Gasteiger partial charge in [0.25, 0.3) is 0 Å². The normalized spacial score (nSPS) is 19.0. The number of hydrogen-bond acceptors (Lipinski definition) is 3. The van der Waals surface area contributed by atoms with E-state index < -0.39 is 0 Å². The molecule has 1 saturated heterocycles. The van der Waals surface area contributed by atoms with Crippen LogP contribution < -0.4 is 10.1 Å². The maximum absolute atomic E-state index is 12.3. The molecule has 0 unspecified atom stereocenters. The van der Waals surface area contributed by atoms with Crippen LogP contribution in [-0.2, 0) is 0 Å². The van der Waals surface area contributed by atoms with Crippen molar-refractivity contribution in [1.29, 1.82) is 0 Å². The Morgan fingerprint density at radius 2 is 2.36 bits per heavy atom. The van der Waals surface area contributed by atoms with E-state index in [-0.39, 0.29) is 12.1 Å². The van der Waals surface area contributed by atoms with E-state index in [2.05, 4.69) is 18.5 Å². The Kier molecular flexibility index (Phi) is 6.43. The number of carbonyl (C=O) groups is 1. The van der Waals surface area contributed by atoms with Crippen molar-refractivity contribution in [3.63, 3.8) is 0 Å². The first kappa shape index (κ1) is 17.0. The molecule has 1 N–H and O–H groups in total. The fourth-order valence-corrected chi connectivity index (χ4v) is 3.30. The molecule has 122 valence electrons. The number of carbonyl (C=O) groups excluding carboxylic acids is 1. The monoisotopic (exact) mass is 322 g/mol. The summed E-state index contributed by atoms with van der Waals surface area (Å²) in [5.41, 5.74) is 0.791. The van der Waals surface area contributed by atoms with Crippen molar-refractivity contribution in [2.24, 2.45) is 5.92 Å². The summed E-state index contributed by atoms with van der Waals surface area (Å²) in [4.78, 5) is 14.2. The molecule has 2 atom stereocenters. The van der Waals surface area contributed by atoms with Crippen molar-refractivity contribution < 1.29 is 9.53 Å². The zero-order valence-corrected chi connectivity index (χ0v) is 14.5. The van der Waals surface area contributed by atoms with Gasteiger partial charge in [-0.15, -0.1) is 0 Å². The van der Waals surface area contributed by atoms with Gasteiger partial charge in [0.1, 0.15) is 5.75 Å². The van der Waals surface area contributed by atoms with Crippen molar-refractivity contribution in [3.8, 4) is 5.75 Å². The van der Waals surface area contributed by atoms with Crippen LogP contribution >= 0.6 is 11.8 Å². The van der Waals surface area contributed by atoms with Crippen LogP contribution in [0.5, 0.6) is 5.75 Å². The number of ether oxygens (including phenoxy) is 1. The van der Waals surface area contributed by atoms with Gasteiger partial charge >= 0.3 is 6.03 Å². The Morgan fingerprint density at radius 1 is 1.55 bits per heavy atom. The molecule has 1 aliphatic rings. The van der Waals surface area contributed by atoms with Gasteiger partial charge in [-0.25, -0.2) is 4.79 Å². The first-order valence-corrected chi connectivity index (χ1v) is 9.33. The topological polar surface area (TPSA) is 41.6 Å². The van der Waals surface area contributed by atoms with Crippen molar-refractivity contribution in [2.75, 3.05) is 30.4 Å². The number of benzene rings is 1. The van der Waals surface area contributed by atoms with Gasteiger partial charge in [0, 0.05) is 24.8 Å². The van der Waals surface area contributed by atoms with E-state index in [1.165, 1.54) is 0 Å². The molecule has 0 aromatic heterocycles. The second-order valence-electron chi connectivity index (χ2n) is 5.85. The van der Waals surface area contributed by atoms with Crippen LogP contribution in [0.2, 0.25) is 0 Å². The highest BCUT2D eigenvalue weighted by atomic mass is 32.2. The van der Waals surface area contributed by atoms with Gasteiger partial charge in [0.15, 0.2) is 0 Å². The van der Waals surface area contributed by atoms with Gasteiger partial charge in [0.05, 0.1) is 6.10 Å². The molecule has 2 amide bonds.